The van der Waals surface area contributed by atoms with E-state index in [0.29, 0.717) is 12.1 Å². The average molecular weight is 430 g/mol. The van der Waals surface area contributed by atoms with Gasteiger partial charge in [-0.05, 0) is 35.2 Å². The highest BCUT2D eigenvalue weighted by molar-refractivity contribution is 7.91. The number of carbonyl (C=O) groups excluding carboxylic acids is 2. The Hall–Kier alpha value is -2.74. The second kappa shape index (κ2) is 8.55. The second-order valence-corrected chi connectivity index (χ2v) is 10.1. The van der Waals surface area contributed by atoms with Gasteiger partial charge in [-0.2, -0.15) is 0 Å². The van der Waals surface area contributed by atoms with E-state index in [9.17, 15) is 18.0 Å². The first kappa shape index (κ1) is 22.0. The molecule has 8 heteroatoms. The summed E-state index contributed by atoms with van der Waals surface area (Å²) in [5.41, 5.74) is 2.98. The van der Waals surface area contributed by atoms with E-state index >= 15 is 0 Å². The zero-order valence-electron chi connectivity index (χ0n) is 17.7. The Bertz CT molecular complexity index is 1060. The molecule has 2 amide bonds. The molecule has 1 aliphatic rings. The van der Waals surface area contributed by atoms with Crippen LogP contribution in [0.3, 0.4) is 0 Å². The summed E-state index contributed by atoms with van der Waals surface area (Å²) < 4.78 is 23.8. The van der Waals surface area contributed by atoms with Crippen molar-refractivity contribution in [1.29, 1.82) is 0 Å². The Morgan fingerprint density at radius 1 is 1.23 bits per heavy atom. The Morgan fingerprint density at radius 3 is 2.47 bits per heavy atom. The number of aromatic nitrogens is 1. The van der Waals surface area contributed by atoms with Gasteiger partial charge in [0, 0.05) is 26.2 Å². The third-order valence-electron chi connectivity index (χ3n) is 5.37. The van der Waals surface area contributed by atoms with Gasteiger partial charge in [0.2, 0.25) is 5.91 Å². The topological polar surface area (TPSA) is 96.4 Å². The molecule has 0 saturated heterocycles. The van der Waals surface area contributed by atoms with Crippen LogP contribution in [0, 0.1) is 5.92 Å². The number of amides is 2. The molecular weight excluding hydrogens is 402 g/mol. The molecule has 0 aliphatic carbocycles. The number of nitrogens with zero attached hydrogens (tertiary/aromatic N) is 2. The van der Waals surface area contributed by atoms with Gasteiger partial charge < -0.3 is 10.2 Å². The molecule has 1 aromatic carbocycles. The molecule has 0 saturated carbocycles. The molecular formula is C22H27N3O4S. The summed E-state index contributed by atoms with van der Waals surface area (Å²) in [6.07, 6.45) is 1.55. The van der Waals surface area contributed by atoms with Crippen LogP contribution in [0.1, 0.15) is 60.9 Å². The average Bonchev–Trinajstić information content (AvgIpc) is 3.11. The molecule has 0 fully saturated rings. The van der Waals surface area contributed by atoms with Gasteiger partial charge in [-0.25, -0.2) is 8.42 Å². The van der Waals surface area contributed by atoms with Crippen molar-refractivity contribution in [3.8, 4) is 0 Å². The fourth-order valence-corrected chi connectivity index (χ4v) is 4.60. The largest absolute Gasteiger partial charge is 0.348 e. The van der Waals surface area contributed by atoms with E-state index in [4.69, 9.17) is 0 Å². The third-order valence-corrected chi connectivity index (χ3v) is 7.12. The number of rotatable bonds is 6. The summed E-state index contributed by atoms with van der Waals surface area (Å²) in [7, 11) is -3.24. The van der Waals surface area contributed by atoms with Crippen molar-refractivity contribution >= 4 is 21.7 Å². The molecule has 1 aliphatic heterocycles. The lowest BCUT2D eigenvalue weighted by molar-refractivity contribution is -0.132. The van der Waals surface area contributed by atoms with Crippen LogP contribution in [0.15, 0.2) is 41.4 Å². The molecule has 3 rings (SSSR count). The number of hydrogen-bond donors (Lipinski definition) is 1. The van der Waals surface area contributed by atoms with Crippen molar-refractivity contribution in [1.82, 2.24) is 15.2 Å². The lowest BCUT2D eigenvalue weighted by atomic mass is 9.99. The van der Waals surface area contributed by atoms with Gasteiger partial charge in [-0.15, -0.1) is 0 Å². The van der Waals surface area contributed by atoms with Crippen LogP contribution in [0.4, 0.5) is 0 Å². The predicted octanol–water partition coefficient (Wildman–Crippen LogP) is 2.86. The number of benzene rings is 1. The van der Waals surface area contributed by atoms with Gasteiger partial charge in [0.15, 0.2) is 9.84 Å². The van der Waals surface area contributed by atoms with Crippen LogP contribution >= 0.6 is 0 Å². The predicted molar refractivity (Wildman–Crippen MR) is 113 cm³/mol. The first-order chi connectivity index (χ1) is 14.1. The van der Waals surface area contributed by atoms with E-state index in [0.717, 1.165) is 16.8 Å². The van der Waals surface area contributed by atoms with Crippen molar-refractivity contribution in [3.05, 3.63) is 58.9 Å². The summed E-state index contributed by atoms with van der Waals surface area (Å²) in [5, 5.41) is 2.84. The lowest BCUT2D eigenvalue weighted by Crippen LogP contribution is -2.30. The van der Waals surface area contributed by atoms with E-state index in [-0.39, 0.29) is 41.0 Å². The van der Waals surface area contributed by atoms with Gasteiger partial charge in [-0.1, -0.05) is 32.9 Å². The Labute approximate surface area is 177 Å². The monoisotopic (exact) mass is 429 g/mol. The maximum atomic E-state index is 12.6. The van der Waals surface area contributed by atoms with Crippen molar-refractivity contribution in [2.45, 2.75) is 51.7 Å². The maximum Gasteiger partial charge on any atom is 0.253 e. The van der Waals surface area contributed by atoms with E-state index in [1.54, 1.807) is 55.3 Å². The summed E-state index contributed by atoms with van der Waals surface area (Å²) in [5.74, 6) is -0.00127. The van der Waals surface area contributed by atoms with Crippen LogP contribution in [-0.4, -0.2) is 35.9 Å². The van der Waals surface area contributed by atoms with Gasteiger partial charge in [0.1, 0.15) is 0 Å². The van der Waals surface area contributed by atoms with Crippen LogP contribution in [0.5, 0.6) is 0 Å². The van der Waals surface area contributed by atoms with E-state index in [1.165, 1.54) is 0 Å². The standard InChI is InChI=1S/C22H27N3O4S/c1-5-30(28,29)19-8-6-16(7-9-19)11-24-22(27)17-10-18-13-25(15(4)26)21(14(2)3)20(18)23-12-17/h6-10,12,14,21H,5,11,13H2,1-4H3,(H,24,27)/t21-/m0/s1. The molecule has 7 nitrogen and oxygen atoms in total. The zero-order valence-corrected chi connectivity index (χ0v) is 18.5. The van der Waals surface area contributed by atoms with Crippen molar-refractivity contribution < 1.29 is 18.0 Å². The summed E-state index contributed by atoms with van der Waals surface area (Å²) in [6.45, 7) is 7.98. The molecule has 0 spiro atoms. The molecule has 1 N–H and O–H groups in total. The fourth-order valence-electron chi connectivity index (χ4n) is 3.72. The molecule has 1 aromatic heterocycles. The minimum absolute atomic E-state index is 0.00812. The van der Waals surface area contributed by atoms with Gasteiger partial charge >= 0.3 is 0 Å². The first-order valence-electron chi connectivity index (χ1n) is 10.00. The number of nitrogens with one attached hydrogen (secondary N) is 1. The molecule has 0 bridgehead atoms. The Morgan fingerprint density at radius 2 is 1.90 bits per heavy atom. The number of hydrogen-bond acceptors (Lipinski definition) is 5. The number of carbonyl (C=O) groups is 2. The quantitative estimate of drug-likeness (QED) is 0.762. The van der Waals surface area contributed by atoms with Crippen molar-refractivity contribution in [2.75, 3.05) is 5.75 Å². The summed E-state index contributed by atoms with van der Waals surface area (Å²) >= 11 is 0. The highest BCUT2D eigenvalue weighted by Gasteiger charge is 2.35. The third kappa shape index (κ3) is 4.38. The summed E-state index contributed by atoms with van der Waals surface area (Å²) in [6, 6.07) is 8.22. The van der Waals surface area contributed by atoms with E-state index < -0.39 is 9.84 Å². The van der Waals surface area contributed by atoms with Crippen LogP contribution in [-0.2, 0) is 27.7 Å². The normalized spacial score (nSPS) is 15.9. The molecule has 160 valence electrons. The fraction of sp³-hybridized carbons (Fsp3) is 0.409. The lowest BCUT2D eigenvalue weighted by Gasteiger charge is -2.26. The molecule has 2 heterocycles. The molecule has 2 aromatic rings. The van der Waals surface area contributed by atoms with Gasteiger partial charge in [0.05, 0.1) is 27.9 Å². The summed E-state index contributed by atoms with van der Waals surface area (Å²) in [4.78, 5) is 31.1. The van der Waals surface area contributed by atoms with Crippen molar-refractivity contribution in [3.63, 3.8) is 0 Å². The van der Waals surface area contributed by atoms with Crippen LogP contribution in [0.25, 0.3) is 0 Å². The van der Waals surface area contributed by atoms with Gasteiger partial charge in [-0.3, -0.25) is 14.6 Å². The molecule has 0 unspecified atom stereocenters. The highest BCUT2D eigenvalue weighted by Crippen LogP contribution is 2.37. The van der Waals surface area contributed by atoms with Crippen molar-refractivity contribution in [2.24, 2.45) is 5.92 Å². The number of sulfone groups is 1. The van der Waals surface area contributed by atoms with Crippen LogP contribution < -0.4 is 5.32 Å². The Balaban J connectivity index is 1.70. The minimum atomic E-state index is -3.24. The molecule has 1 atom stereocenters. The minimum Gasteiger partial charge on any atom is -0.348 e. The Kier molecular flexibility index (Phi) is 6.26. The van der Waals surface area contributed by atoms with Crippen LogP contribution in [0.2, 0.25) is 0 Å². The molecule has 0 radical (unpaired) electrons. The first-order valence-corrected chi connectivity index (χ1v) is 11.6. The number of pyridine rings is 1. The zero-order chi connectivity index (χ0) is 22.1. The van der Waals surface area contributed by atoms with E-state index in [1.807, 2.05) is 0 Å². The maximum absolute atomic E-state index is 12.6. The smallest absolute Gasteiger partial charge is 0.253 e. The van der Waals surface area contributed by atoms with Gasteiger partial charge in [0.25, 0.3) is 5.91 Å². The number of fused-ring (bicyclic) bond motifs is 1. The highest BCUT2D eigenvalue weighted by atomic mass is 32.2. The molecule has 30 heavy (non-hydrogen) atoms. The van der Waals surface area contributed by atoms with E-state index in [2.05, 4.69) is 24.1 Å². The SMILES string of the molecule is CCS(=O)(=O)c1ccc(CNC(=O)c2cnc3c(c2)CN(C(C)=O)[C@H]3C(C)C)cc1. The second-order valence-electron chi connectivity index (χ2n) is 7.83.